The lowest BCUT2D eigenvalue weighted by Crippen LogP contribution is -2.44. The average molecular weight is 242 g/mol. The average Bonchev–Trinajstić information content (AvgIpc) is 2.27. The van der Waals surface area contributed by atoms with Crippen LogP contribution in [0.3, 0.4) is 0 Å². The van der Waals surface area contributed by atoms with E-state index in [0.717, 1.165) is 25.9 Å². The van der Waals surface area contributed by atoms with Crippen LogP contribution in [-0.2, 0) is 9.59 Å². The van der Waals surface area contributed by atoms with Gasteiger partial charge >= 0.3 is 5.97 Å². The largest absolute Gasteiger partial charge is 0.480 e. The standard InChI is InChI=1S/C12H22N2O3/c1-9(2)7-14(8-11(15)16)12(17)10-3-5-13-6-4-10/h9-10,13H,3-8H2,1-2H3,(H,15,16). The summed E-state index contributed by atoms with van der Waals surface area (Å²) in [5.41, 5.74) is 0. The third-order valence-corrected chi connectivity index (χ3v) is 2.91. The van der Waals surface area contributed by atoms with Gasteiger partial charge in [-0.3, -0.25) is 9.59 Å². The Labute approximate surface area is 102 Å². The van der Waals surface area contributed by atoms with Crippen LogP contribution in [0.1, 0.15) is 26.7 Å². The Bertz CT molecular complexity index is 273. The Balaban J connectivity index is 2.60. The van der Waals surface area contributed by atoms with Crippen LogP contribution in [0.4, 0.5) is 0 Å². The molecule has 0 aromatic carbocycles. The van der Waals surface area contributed by atoms with Crippen LogP contribution >= 0.6 is 0 Å². The lowest BCUT2D eigenvalue weighted by atomic mass is 9.96. The molecule has 1 aliphatic rings. The van der Waals surface area contributed by atoms with Gasteiger partial charge in [0, 0.05) is 12.5 Å². The minimum atomic E-state index is -0.937. The minimum Gasteiger partial charge on any atom is -0.480 e. The van der Waals surface area contributed by atoms with Crippen molar-refractivity contribution in [1.82, 2.24) is 10.2 Å². The number of nitrogens with one attached hydrogen (secondary N) is 1. The number of carboxylic acid groups (broad SMARTS) is 1. The van der Waals surface area contributed by atoms with Crippen molar-refractivity contribution in [2.45, 2.75) is 26.7 Å². The van der Waals surface area contributed by atoms with E-state index >= 15 is 0 Å². The van der Waals surface area contributed by atoms with E-state index in [9.17, 15) is 9.59 Å². The fraction of sp³-hybridized carbons (Fsp3) is 0.833. The Morgan fingerprint density at radius 2 is 1.94 bits per heavy atom. The van der Waals surface area contributed by atoms with Crippen molar-refractivity contribution in [3.05, 3.63) is 0 Å². The summed E-state index contributed by atoms with van der Waals surface area (Å²) in [6, 6.07) is 0. The van der Waals surface area contributed by atoms with Gasteiger partial charge in [0.15, 0.2) is 0 Å². The number of carbonyl (C=O) groups is 2. The molecule has 0 aromatic rings. The second kappa shape index (κ2) is 6.59. The highest BCUT2D eigenvalue weighted by Gasteiger charge is 2.27. The van der Waals surface area contributed by atoms with Crippen molar-refractivity contribution >= 4 is 11.9 Å². The van der Waals surface area contributed by atoms with Crippen molar-refractivity contribution in [3.8, 4) is 0 Å². The molecule has 1 rings (SSSR count). The Hall–Kier alpha value is -1.10. The lowest BCUT2D eigenvalue weighted by molar-refractivity contribution is -0.147. The van der Waals surface area contributed by atoms with Crippen LogP contribution in [-0.4, -0.2) is 48.1 Å². The Morgan fingerprint density at radius 1 is 1.35 bits per heavy atom. The summed E-state index contributed by atoms with van der Waals surface area (Å²) < 4.78 is 0. The van der Waals surface area contributed by atoms with Crippen LogP contribution in [0.2, 0.25) is 0 Å². The molecule has 0 radical (unpaired) electrons. The number of nitrogens with zero attached hydrogens (tertiary/aromatic N) is 1. The molecule has 0 unspecified atom stereocenters. The van der Waals surface area contributed by atoms with E-state index in [1.54, 1.807) is 0 Å². The van der Waals surface area contributed by atoms with E-state index in [4.69, 9.17) is 5.11 Å². The predicted molar refractivity (Wildman–Crippen MR) is 64.6 cm³/mol. The summed E-state index contributed by atoms with van der Waals surface area (Å²) in [5, 5.41) is 12.0. The maximum atomic E-state index is 12.2. The number of amides is 1. The van der Waals surface area contributed by atoms with Gasteiger partial charge < -0.3 is 15.3 Å². The zero-order valence-corrected chi connectivity index (χ0v) is 10.6. The van der Waals surface area contributed by atoms with Gasteiger partial charge in [0.05, 0.1) is 0 Å². The van der Waals surface area contributed by atoms with E-state index < -0.39 is 5.97 Å². The molecular weight excluding hydrogens is 220 g/mol. The summed E-state index contributed by atoms with van der Waals surface area (Å²) in [6.07, 6.45) is 1.63. The first-order valence-electron chi connectivity index (χ1n) is 6.22. The normalized spacial score (nSPS) is 17.1. The third-order valence-electron chi connectivity index (χ3n) is 2.91. The van der Waals surface area contributed by atoms with Gasteiger partial charge in [-0.25, -0.2) is 0 Å². The zero-order valence-electron chi connectivity index (χ0n) is 10.6. The molecule has 2 N–H and O–H groups in total. The summed E-state index contributed by atoms with van der Waals surface area (Å²) in [7, 11) is 0. The summed E-state index contributed by atoms with van der Waals surface area (Å²) >= 11 is 0. The van der Waals surface area contributed by atoms with Crippen LogP contribution in [0.25, 0.3) is 0 Å². The van der Waals surface area contributed by atoms with Crippen molar-refractivity contribution in [1.29, 1.82) is 0 Å². The topological polar surface area (TPSA) is 69.6 Å². The van der Waals surface area contributed by atoms with Gasteiger partial charge in [-0.2, -0.15) is 0 Å². The first-order valence-corrected chi connectivity index (χ1v) is 6.22. The van der Waals surface area contributed by atoms with Gasteiger partial charge in [0.2, 0.25) is 5.91 Å². The molecule has 1 amide bonds. The molecule has 1 fully saturated rings. The van der Waals surface area contributed by atoms with Crippen molar-refractivity contribution in [2.24, 2.45) is 11.8 Å². The van der Waals surface area contributed by atoms with E-state index in [2.05, 4.69) is 5.32 Å². The van der Waals surface area contributed by atoms with Crippen LogP contribution in [0, 0.1) is 11.8 Å². The number of aliphatic carboxylic acids is 1. The number of carboxylic acids is 1. The maximum Gasteiger partial charge on any atom is 0.323 e. The number of rotatable bonds is 5. The minimum absolute atomic E-state index is 0.00241. The fourth-order valence-electron chi connectivity index (χ4n) is 2.16. The number of hydrogen-bond donors (Lipinski definition) is 2. The molecule has 0 bridgehead atoms. The second-order valence-electron chi connectivity index (χ2n) is 5.03. The Kier molecular flexibility index (Phi) is 5.41. The van der Waals surface area contributed by atoms with Crippen LogP contribution in [0.15, 0.2) is 0 Å². The number of piperidine rings is 1. The molecule has 1 saturated heterocycles. The Morgan fingerprint density at radius 3 is 2.41 bits per heavy atom. The predicted octanol–water partition coefficient (Wildman–Crippen LogP) is 0.555. The van der Waals surface area contributed by atoms with Gasteiger partial charge in [0.25, 0.3) is 0 Å². The molecule has 5 nitrogen and oxygen atoms in total. The maximum absolute atomic E-state index is 12.2. The molecule has 1 aliphatic heterocycles. The lowest BCUT2D eigenvalue weighted by Gasteiger charge is -2.29. The second-order valence-corrected chi connectivity index (χ2v) is 5.03. The van der Waals surface area contributed by atoms with Gasteiger partial charge in [-0.1, -0.05) is 13.8 Å². The number of carbonyl (C=O) groups excluding carboxylic acids is 1. The van der Waals surface area contributed by atoms with Crippen molar-refractivity contribution < 1.29 is 14.7 Å². The highest BCUT2D eigenvalue weighted by molar-refractivity contribution is 5.83. The molecule has 0 spiro atoms. The molecule has 98 valence electrons. The molecule has 17 heavy (non-hydrogen) atoms. The van der Waals surface area contributed by atoms with Gasteiger partial charge in [-0.05, 0) is 31.8 Å². The van der Waals surface area contributed by atoms with E-state index in [0.29, 0.717) is 12.5 Å². The molecule has 0 aliphatic carbocycles. The van der Waals surface area contributed by atoms with E-state index in [1.807, 2.05) is 13.8 Å². The summed E-state index contributed by atoms with van der Waals surface area (Å²) in [6.45, 7) is 6.02. The monoisotopic (exact) mass is 242 g/mol. The highest BCUT2D eigenvalue weighted by atomic mass is 16.4. The first-order chi connectivity index (χ1) is 8.00. The SMILES string of the molecule is CC(C)CN(CC(=O)O)C(=O)C1CCNCC1. The van der Waals surface area contributed by atoms with E-state index in [-0.39, 0.29) is 18.4 Å². The molecule has 0 atom stereocenters. The fourth-order valence-corrected chi connectivity index (χ4v) is 2.16. The molecule has 0 saturated carbocycles. The quantitative estimate of drug-likeness (QED) is 0.739. The molecular formula is C12H22N2O3. The highest BCUT2D eigenvalue weighted by Crippen LogP contribution is 2.16. The van der Waals surface area contributed by atoms with Crippen LogP contribution in [0.5, 0.6) is 0 Å². The van der Waals surface area contributed by atoms with Gasteiger partial charge in [-0.15, -0.1) is 0 Å². The van der Waals surface area contributed by atoms with Gasteiger partial charge in [0.1, 0.15) is 6.54 Å². The summed E-state index contributed by atoms with van der Waals surface area (Å²) in [5.74, 6) is -0.648. The molecule has 0 aromatic heterocycles. The van der Waals surface area contributed by atoms with Crippen molar-refractivity contribution in [2.75, 3.05) is 26.2 Å². The van der Waals surface area contributed by atoms with Crippen molar-refractivity contribution in [3.63, 3.8) is 0 Å². The smallest absolute Gasteiger partial charge is 0.323 e. The molecule has 5 heteroatoms. The third kappa shape index (κ3) is 4.73. The molecule has 1 heterocycles. The first kappa shape index (κ1) is 14.0. The summed E-state index contributed by atoms with van der Waals surface area (Å²) in [4.78, 5) is 24.5. The number of hydrogen-bond acceptors (Lipinski definition) is 3. The van der Waals surface area contributed by atoms with Crippen LogP contribution < -0.4 is 5.32 Å². The zero-order chi connectivity index (χ0) is 12.8. The van der Waals surface area contributed by atoms with E-state index in [1.165, 1.54) is 4.90 Å².